The molecule has 604 valence electrons. The van der Waals surface area contributed by atoms with Crippen molar-refractivity contribution in [2.24, 2.45) is 0 Å². The first kappa shape index (κ1) is 91.0. The number of nitrogens with two attached hydrogens (primary N) is 1. The van der Waals surface area contributed by atoms with Gasteiger partial charge in [0.2, 0.25) is 17.5 Å². The summed E-state index contributed by atoms with van der Waals surface area (Å²) in [7, 11) is -20.6. The van der Waals surface area contributed by atoms with Crippen molar-refractivity contribution in [3.05, 3.63) is 106 Å². The van der Waals surface area contributed by atoms with Gasteiger partial charge >= 0.3 is 30.0 Å². The number of nitrogens with zero attached hydrogens (tertiary/aromatic N) is 4. The lowest BCUT2D eigenvalue weighted by molar-refractivity contribution is -0.438. The lowest BCUT2D eigenvalue weighted by Gasteiger charge is -2.25. The zero-order chi connectivity index (χ0) is 80.0. The van der Waals surface area contributed by atoms with Crippen LogP contribution in [-0.2, 0) is 117 Å². The quantitative estimate of drug-likeness (QED) is 0.00228. The highest BCUT2D eigenvalue weighted by molar-refractivity contribution is 8.77. The van der Waals surface area contributed by atoms with E-state index in [1.807, 2.05) is 65.0 Å². The summed E-state index contributed by atoms with van der Waals surface area (Å²) >= 11 is 5.24. The van der Waals surface area contributed by atoms with E-state index in [1.54, 1.807) is 40.0 Å². The maximum Gasteiger partial charge on any atom is 0.719 e. The topological polar surface area (TPSA) is 466 Å². The number of ether oxygens (including phenoxy) is 6. The highest BCUT2D eigenvalue weighted by Crippen LogP contribution is 2.58. The first-order valence-electron chi connectivity index (χ1n) is 34.5. The van der Waals surface area contributed by atoms with Crippen LogP contribution in [0.2, 0.25) is 0 Å². The fourth-order valence-electron chi connectivity index (χ4n) is 11.9. The lowest BCUT2D eigenvalue weighted by Crippen LogP contribution is -2.29. The number of alkyl carbamates (subject to hydrolysis) is 1. The molecule has 2 amide bonds. The molecule has 2 aromatic carbocycles. The fourth-order valence-corrected chi connectivity index (χ4v) is 18.0. The summed E-state index contributed by atoms with van der Waals surface area (Å²) in [5, 5.41) is 5.48. The molecule has 0 aliphatic carbocycles. The normalized spacial score (nSPS) is 18.5. The zero-order valence-corrected chi connectivity index (χ0v) is 69.1. The Hall–Kier alpha value is -5.22. The van der Waals surface area contributed by atoms with E-state index in [1.165, 1.54) is 35.0 Å². The first-order valence-corrected chi connectivity index (χ1v) is 46.5. The Bertz CT molecular complexity index is 4480. The van der Waals surface area contributed by atoms with E-state index in [-0.39, 0.29) is 68.5 Å². The SMILES string of the molecule is CCN1\C(=C/C=C/C=C/C2=[N+](CCCCCC(=O)NCCOCCOCCNOCCC(C)(C)SSCOCCCCOC(=O)NCC#Cc3cn([C@H]4C[C@H](OCS(C)=S)[C@@H](COP(=O)(O)O[P+](=O)OP(=O)(O)O)O4)c4nc(N)[nH]c(=O)c34)c3ccc(S(=O)(=O)O)cc3C2(C)C)C(C)(C)c2cc(S(=O)(=O)O)ccc21. The summed E-state index contributed by atoms with van der Waals surface area (Å²) in [6.45, 7) is 17.9. The Balaban J connectivity index is 0.698. The van der Waals surface area contributed by atoms with E-state index < -0.39 is 101 Å². The Morgan fingerprint density at radius 1 is 0.908 bits per heavy atom. The molecule has 1 saturated heterocycles. The first-order chi connectivity index (χ1) is 51.3. The fraction of sp³-hybridized carbons (Fsp3) is 0.561. The summed E-state index contributed by atoms with van der Waals surface area (Å²) in [4.78, 5) is 80.1. The van der Waals surface area contributed by atoms with Gasteiger partial charge in [0.25, 0.3) is 25.8 Å². The molecule has 0 bridgehead atoms. The Labute approximate surface area is 649 Å². The van der Waals surface area contributed by atoms with Gasteiger partial charge in [-0.1, -0.05) is 75.0 Å². The maximum absolute atomic E-state index is 13.2. The van der Waals surface area contributed by atoms with Crippen molar-refractivity contribution < 1.29 is 115 Å². The second kappa shape index (κ2) is 41.7. The van der Waals surface area contributed by atoms with Gasteiger partial charge in [-0.25, -0.2) is 19.4 Å². The van der Waals surface area contributed by atoms with Crippen LogP contribution < -0.4 is 32.3 Å². The van der Waals surface area contributed by atoms with Gasteiger partial charge in [-0.3, -0.25) is 33.1 Å². The van der Waals surface area contributed by atoms with E-state index in [9.17, 15) is 58.9 Å². The van der Waals surface area contributed by atoms with Crippen LogP contribution in [-0.4, -0.2) is 198 Å². The van der Waals surface area contributed by atoms with Gasteiger partial charge in [0.05, 0.1) is 91.0 Å². The van der Waals surface area contributed by atoms with Crippen LogP contribution in [0.3, 0.4) is 0 Å². The van der Waals surface area contributed by atoms with Crippen LogP contribution in [0.15, 0.2) is 93.3 Å². The summed E-state index contributed by atoms with van der Waals surface area (Å²) in [6.07, 6.45) is 13.7. The second-order valence-electron chi connectivity index (χ2n) is 26.5. The monoisotopic (exact) mass is 1700 g/mol. The number of anilines is 2. The van der Waals surface area contributed by atoms with Gasteiger partial charge in [-0.15, -0.1) is 0 Å². The largest absolute Gasteiger partial charge is 0.719 e. The molecule has 7 rings (SSSR count). The summed E-state index contributed by atoms with van der Waals surface area (Å²) in [5.41, 5.74) is 12.3. The number of H-pyrrole nitrogens is 1. The number of likely N-dealkylation sites (N-methyl/N-ethyl adjacent to an activating group) is 1. The Morgan fingerprint density at radius 2 is 1.61 bits per heavy atom. The van der Waals surface area contributed by atoms with Gasteiger partial charge in [0.1, 0.15) is 24.8 Å². The van der Waals surface area contributed by atoms with Gasteiger partial charge in [0.15, 0.2) is 11.4 Å². The van der Waals surface area contributed by atoms with E-state index in [4.69, 9.17) is 64.5 Å². The van der Waals surface area contributed by atoms with Crippen LogP contribution in [0.4, 0.5) is 22.1 Å². The smallest absolute Gasteiger partial charge is 0.450 e. The summed E-state index contributed by atoms with van der Waals surface area (Å²) in [5.74, 6) is 5.84. The number of allylic oxidation sites excluding steroid dienone is 6. The minimum Gasteiger partial charge on any atom is -0.450 e. The zero-order valence-electron chi connectivity index (χ0n) is 61.5. The number of hydrogen-bond donors (Lipinski definition) is 10. The number of hydroxylamine groups is 1. The van der Waals surface area contributed by atoms with Crippen molar-refractivity contribution >= 4 is 132 Å². The third-order valence-electron chi connectivity index (χ3n) is 17.1. The standard InChI is InChI=1S/C66H94N9O25P3S6/c1-9-73-51-25-23-47(108(85,86)87)39-49(51)65(4,5)55(73)20-12-10-13-21-56-66(6,7)50-40-48(109(88,89)90)24-26-52(50)74(56)31-15-11-14-22-57(76)68-29-35-91-37-38-92-36-30-70-96-34-27-64(2,3)106-105-44-93-32-16-17-33-94-63(78)69-28-18-19-46-42-75(60-59(46)61(77)72-62(67)71-60)58-41-53(95-45-107(8)104)54(98-58)43-97-103(83,84)100-101(79)99-102(80,81)82/h10,12-13,20-21,23-26,39-40,42,53-54,58,70H,9,11,14-17,22,27-38,41,43-45H2,1-8H3,(H8-2,67,68,69,71,72,76,77,78,80,81,82,83,84,85,86,87,88,89,90)/p+2/t53-,54+,58+,107?/m0/s1. The van der Waals surface area contributed by atoms with Crippen LogP contribution in [0, 0.1) is 11.8 Å². The molecule has 3 aliphatic heterocycles. The van der Waals surface area contributed by atoms with Gasteiger partial charge < -0.3 is 68.9 Å². The number of phosphoric acid groups is 2. The minimum absolute atomic E-state index is 0.0350. The molecular formula is C66H96N9O25P3S6+2. The number of nitrogens with one attached hydrogen (secondary N) is 4. The molecule has 0 radical (unpaired) electrons. The van der Waals surface area contributed by atoms with Crippen molar-refractivity contribution in [3.8, 4) is 11.8 Å². The number of carbonyl (C=O) groups excluding carboxylic acids is 2. The predicted octanol–water partition coefficient (Wildman–Crippen LogP) is 8.54. The molecule has 3 unspecified atom stereocenters. The van der Waals surface area contributed by atoms with Crippen molar-refractivity contribution in [2.45, 2.75) is 144 Å². The number of hydrogen-bond acceptors (Lipinski definition) is 27. The number of aromatic nitrogens is 3. The van der Waals surface area contributed by atoms with Crippen LogP contribution in [0.1, 0.15) is 123 Å². The van der Waals surface area contributed by atoms with Crippen LogP contribution >= 0.6 is 45.5 Å². The molecule has 2 aromatic heterocycles. The molecule has 4 aromatic rings. The molecule has 0 saturated carbocycles. The molecule has 1 fully saturated rings. The van der Waals surface area contributed by atoms with Crippen LogP contribution in [0.25, 0.3) is 11.0 Å². The number of phosphoric ester groups is 1. The highest BCUT2D eigenvalue weighted by Gasteiger charge is 2.48. The number of amides is 2. The molecule has 43 heteroatoms. The number of fused-ring (bicyclic) bond motifs is 3. The third kappa shape index (κ3) is 28.1. The molecule has 11 N–H and O–H groups in total. The van der Waals surface area contributed by atoms with E-state index >= 15 is 0 Å². The van der Waals surface area contributed by atoms with E-state index in [0.29, 0.717) is 97.4 Å². The molecule has 109 heavy (non-hydrogen) atoms. The molecule has 0 spiro atoms. The molecule has 34 nitrogen and oxygen atoms in total. The van der Waals surface area contributed by atoms with Crippen LogP contribution in [0.5, 0.6) is 0 Å². The Kier molecular flexibility index (Phi) is 34.8. The summed E-state index contributed by atoms with van der Waals surface area (Å²) in [6, 6.07) is 9.26. The minimum atomic E-state index is -5.34. The number of carbonyl (C=O) groups is 2. The molecule has 6 atom stereocenters. The van der Waals surface area contributed by atoms with Gasteiger partial charge in [-0.05, 0) is 135 Å². The average Bonchev–Trinajstić information content (AvgIpc) is 1.61. The Morgan fingerprint density at radius 3 is 2.30 bits per heavy atom. The maximum atomic E-state index is 13.2. The number of unbranched alkanes of at least 4 members (excludes halogenated alkanes) is 3. The van der Waals surface area contributed by atoms with Crippen molar-refractivity contribution in [1.82, 2.24) is 30.6 Å². The van der Waals surface area contributed by atoms with Crippen molar-refractivity contribution in [2.75, 3.05) is 114 Å². The molecule has 5 heterocycles. The third-order valence-corrected chi connectivity index (χ3v) is 25.8. The second-order valence-corrected chi connectivity index (χ2v) is 39.3. The van der Waals surface area contributed by atoms with E-state index in [0.717, 1.165) is 53.2 Å². The number of rotatable bonds is 46. The number of aromatic amines is 1. The highest BCUT2D eigenvalue weighted by atomic mass is 33.1. The number of nitrogen functional groups attached to an aromatic ring is 1. The average molecular weight is 1700 g/mol. The lowest BCUT2D eigenvalue weighted by atomic mass is 9.81. The summed E-state index contributed by atoms with van der Waals surface area (Å²) < 4.78 is 154. The predicted molar refractivity (Wildman–Crippen MR) is 416 cm³/mol. The molecular weight excluding hydrogens is 1600 g/mol. The molecule has 3 aliphatic rings. The van der Waals surface area contributed by atoms with Crippen molar-refractivity contribution in [1.29, 1.82) is 0 Å². The van der Waals surface area contributed by atoms with Gasteiger partial charge in [-0.2, -0.15) is 26.4 Å². The van der Waals surface area contributed by atoms with E-state index in [2.05, 4.69) is 69.9 Å². The van der Waals surface area contributed by atoms with Crippen molar-refractivity contribution in [3.63, 3.8) is 0 Å². The number of benzene rings is 2. The van der Waals surface area contributed by atoms with Gasteiger partial charge in [0, 0.05) is 95.5 Å².